The van der Waals surface area contributed by atoms with Gasteiger partial charge in [-0.1, -0.05) is 13.8 Å². The van der Waals surface area contributed by atoms with Gasteiger partial charge in [0.25, 0.3) is 0 Å². The van der Waals surface area contributed by atoms with Gasteiger partial charge >= 0.3 is 5.69 Å². The summed E-state index contributed by atoms with van der Waals surface area (Å²) in [7, 11) is 0. The third kappa shape index (κ3) is 3.99. The molecular formula is C11H15N5O2. The van der Waals surface area contributed by atoms with Gasteiger partial charge in [0, 0.05) is 31.4 Å². The lowest BCUT2D eigenvalue weighted by atomic mass is 10.3. The van der Waals surface area contributed by atoms with Crippen molar-refractivity contribution in [2.24, 2.45) is 0 Å². The number of nitro groups is 1. The van der Waals surface area contributed by atoms with Gasteiger partial charge in [0.05, 0.1) is 10.5 Å². The largest absolute Gasteiger partial charge is 0.363 e. The van der Waals surface area contributed by atoms with Crippen LogP contribution in [0.4, 0.5) is 11.5 Å². The fourth-order valence-electron chi connectivity index (χ4n) is 1.33. The molecule has 0 aliphatic heterocycles. The Bertz CT molecular complexity index is 467. The van der Waals surface area contributed by atoms with Gasteiger partial charge in [0.2, 0.25) is 5.82 Å². The molecule has 0 bridgehead atoms. The van der Waals surface area contributed by atoms with Gasteiger partial charge in [-0.2, -0.15) is 5.26 Å². The number of hydrogen-bond acceptors (Lipinski definition) is 6. The number of nitrogens with one attached hydrogen (secondary N) is 2. The van der Waals surface area contributed by atoms with Crippen molar-refractivity contribution >= 4 is 11.5 Å². The Hall–Kier alpha value is -2.20. The molecule has 1 aromatic rings. The summed E-state index contributed by atoms with van der Waals surface area (Å²) in [5, 5.41) is 25.5. The number of hydrogen-bond donors (Lipinski definition) is 2. The molecule has 0 atom stereocenters. The Labute approximate surface area is 105 Å². The predicted octanol–water partition coefficient (Wildman–Crippen LogP) is 1.27. The average Bonchev–Trinajstić information content (AvgIpc) is 2.34. The van der Waals surface area contributed by atoms with Gasteiger partial charge in [0.1, 0.15) is 6.07 Å². The number of nitriles is 1. The predicted molar refractivity (Wildman–Crippen MR) is 67.2 cm³/mol. The standard InChI is InChI=1S/C11H15N5O2/c1-8(2)13-3-4-14-11-10(16(17)18)5-9(6-12)7-15-11/h5,7-8,13H,3-4H2,1-2H3,(H,14,15). The Morgan fingerprint density at radius 3 is 2.83 bits per heavy atom. The van der Waals surface area contributed by atoms with E-state index in [4.69, 9.17) is 5.26 Å². The summed E-state index contributed by atoms with van der Waals surface area (Å²) < 4.78 is 0. The van der Waals surface area contributed by atoms with Gasteiger partial charge in [-0.05, 0) is 0 Å². The van der Waals surface area contributed by atoms with Gasteiger partial charge in [-0.3, -0.25) is 10.1 Å². The van der Waals surface area contributed by atoms with Crippen molar-refractivity contribution in [1.29, 1.82) is 5.26 Å². The second-order valence-electron chi connectivity index (χ2n) is 4.00. The van der Waals surface area contributed by atoms with Crippen molar-refractivity contribution in [2.45, 2.75) is 19.9 Å². The highest BCUT2D eigenvalue weighted by molar-refractivity contribution is 5.58. The fourth-order valence-corrected chi connectivity index (χ4v) is 1.33. The molecule has 0 saturated heterocycles. The smallest absolute Gasteiger partial charge is 0.312 e. The van der Waals surface area contributed by atoms with Crippen LogP contribution in [0.2, 0.25) is 0 Å². The van der Waals surface area contributed by atoms with E-state index in [0.29, 0.717) is 19.1 Å². The minimum Gasteiger partial charge on any atom is -0.363 e. The second kappa shape index (κ2) is 6.51. The van der Waals surface area contributed by atoms with Crippen molar-refractivity contribution in [3.8, 4) is 6.07 Å². The van der Waals surface area contributed by atoms with E-state index >= 15 is 0 Å². The zero-order valence-electron chi connectivity index (χ0n) is 10.3. The van der Waals surface area contributed by atoms with E-state index < -0.39 is 4.92 Å². The molecule has 7 nitrogen and oxygen atoms in total. The Balaban J connectivity index is 2.70. The maximum atomic E-state index is 10.8. The summed E-state index contributed by atoms with van der Waals surface area (Å²) in [6.07, 6.45) is 1.31. The Morgan fingerprint density at radius 2 is 2.28 bits per heavy atom. The summed E-state index contributed by atoms with van der Waals surface area (Å²) in [5.41, 5.74) is -0.00819. The normalized spacial score (nSPS) is 10.1. The Morgan fingerprint density at radius 1 is 1.56 bits per heavy atom. The lowest BCUT2D eigenvalue weighted by Gasteiger charge is -2.09. The molecule has 2 N–H and O–H groups in total. The highest BCUT2D eigenvalue weighted by atomic mass is 16.6. The first-order valence-corrected chi connectivity index (χ1v) is 5.56. The van der Waals surface area contributed by atoms with Gasteiger partial charge in [-0.25, -0.2) is 4.98 Å². The van der Waals surface area contributed by atoms with Gasteiger partial charge < -0.3 is 10.6 Å². The van der Waals surface area contributed by atoms with Crippen molar-refractivity contribution in [3.63, 3.8) is 0 Å². The van der Waals surface area contributed by atoms with Crippen LogP contribution >= 0.6 is 0 Å². The molecule has 0 aliphatic carbocycles. The zero-order chi connectivity index (χ0) is 13.5. The minimum atomic E-state index is -0.550. The number of anilines is 1. The molecule has 0 radical (unpaired) electrons. The quantitative estimate of drug-likeness (QED) is 0.447. The summed E-state index contributed by atoms with van der Waals surface area (Å²) in [4.78, 5) is 14.2. The molecule has 0 fully saturated rings. The first-order chi connectivity index (χ1) is 8.54. The maximum Gasteiger partial charge on any atom is 0.312 e. The van der Waals surface area contributed by atoms with Crippen LogP contribution in [-0.4, -0.2) is 29.0 Å². The molecule has 0 aromatic carbocycles. The SMILES string of the molecule is CC(C)NCCNc1ncc(C#N)cc1[N+](=O)[O-]. The van der Waals surface area contributed by atoms with Gasteiger partial charge in [0.15, 0.2) is 0 Å². The molecule has 0 aliphatic rings. The number of aromatic nitrogens is 1. The minimum absolute atomic E-state index is 0.174. The van der Waals surface area contributed by atoms with Crippen LogP contribution in [0.3, 0.4) is 0 Å². The van der Waals surface area contributed by atoms with E-state index in [9.17, 15) is 10.1 Å². The van der Waals surface area contributed by atoms with Crippen LogP contribution < -0.4 is 10.6 Å². The van der Waals surface area contributed by atoms with E-state index in [1.807, 2.05) is 19.9 Å². The molecule has 0 spiro atoms. The van der Waals surface area contributed by atoms with Crippen molar-refractivity contribution in [1.82, 2.24) is 10.3 Å². The molecule has 1 rings (SSSR count). The van der Waals surface area contributed by atoms with Crippen molar-refractivity contribution < 1.29 is 4.92 Å². The zero-order valence-corrected chi connectivity index (χ0v) is 10.3. The summed E-state index contributed by atoms with van der Waals surface area (Å²) in [6.45, 7) is 5.24. The Kier molecular flexibility index (Phi) is 5.02. The monoisotopic (exact) mass is 249 g/mol. The van der Waals surface area contributed by atoms with Crippen LogP contribution in [0.5, 0.6) is 0 Å². The third-order valence-electron chi connectivity index (χ3n) is 2.16. The number of nitrogens with zero attached hydrogens (tertiary/aromatic N) is 3. The topological polar surface area (TPSA) is 104 Å². The first-order valence-electron chi connectivity index (χ1n) is 5.56. The highest BCUT2D eigenvalue weighted by Crippen LogP contribution is 2.21. The van der Waals surface area contributed by atoms with Gasteiger partial charge in [-0.15, -0.1) is 0 Å². The van der Waals surface area contributed by atoms with E-state index in [0.717, 1.165) is 0 Å². The number of pyridine rings is 1. The van der Waals surface area contributed by atoms with Crippen molar-refractivity contribution in [2.75, 3.05) is 18.4 Å². The fraction of sp³-hybridized carbons (Fsp3) is 0.455. The second-order valence-corrected chi connectivity index (χ2v) is 4.00. The molecule has 7 heteroatoms. The summed E-state index contributed by atoms with van der Waals surface area (Å²) in [6, 6.07) is 3.40. The molecule has 18 heavy (non-hydrogen) atoms. The van der Waals surface area contributed by atoms with E-state index in [-0.39, 0.29) is 17.1 Å². The number of rotatable bonds is 6. The molecule has 1 heterocycles. The molecule has 96 valence electrons. The summed E-state index contributed by atoms with van der Waals surface area (Å²) >= 11 is 0. The van der Waals surface area contributed by atoms with Crippen molar-refractivity contribution in [3.05, 3.63) is 27.9 Å². The van der Waals surface area contributed by atoms with E-state index in [1.165, 1.54) is 12.3 Å². The molecule has 0 amide bonds. The first kappa shape index (κ1) is 13.9. The molecule has 0 unspecified atom stereocenters. The van der Waals surface area contributed by atoms with Crippen LogP contribution in [0.1, 0.15) is 19.4 Å². The van der Waals surface area contributed by atoms with E-state index in [1.54, 1.807) is 0 Å². The van der Waals surface area contributed by atoms with Crippen LogP contribution in [-0.2, 0) is 0 Å². The summed E-state index contributed by atoms with van der Waals surface area (Å²) in [5.74, 6) is 0.185. The average molecular weight is 249 g/mol. The molecule has 0 saturated carbocycles. The highest BCUT2D eigenvalue weighted by Gasteiger charge is 2.15. The maximum absolute atomic E-state index is 10.8. The lowest BCUT2D eigenvalue weighted by molar-refractivity contribution is -0.384. The van der Waals surface area contributed by atoms with E-state index in [2.05, 4.69) is 15.6 Å². The van der Waals surface area contributed by atoms with Crippen LogP contribution in [0.25, 0.3) is 0 Å². The third-order valence-corrected chi connectivity index (χ3v) is 2.16. The molecule has 1 aromatic heterocycles. The van der Waals surface area contributed by atoms with Crippen LogP contribution in [0.15, 0.2) is 12.3 Å². The van der Waals surface area contributed by atoms with Crippen LogP contribution in [0, 0.1) is 21.4 Å². The lowest BCUT2D eigenvalue weighted by Crippen LogP contribution is -2.28. The molecular weight excluding hydrogens is 234 g/mol.